The van der Waals surface area contributed by atoms with Gasteiger partial charge in [-0.05, 0) is 60.7 Å². The van der Waals surface area contributed by atoms with E-state index in [4.69, 9.17) is 18.6 Å². The molecule has 4 rings (SSSR count). The number of sulfonamides is 2. The van der Waals surface area contributed by atoms with Gasteiger partial charge in [0.05, 0.1) is 49.6 Å². The van der Waals surface area contributed by atoms with Crippen LogP contribution in [0.5, 0.6) is 17.2 Å². The number of nitrogens with zero attached hydrogens (tertiary/aromatic N) is 2. The number of anilines is 1. The van der Waals surface area contributed by atoms with Gasteiger partial charge in [-0.3, -0.25) is 9.10 Å². The van der Waals surface area contributed by atoms with Gasteiger partial charge in [0.25, 0.3) is 15.9 Å². The fourth-order valence-electron chi connectivity index (χ4n) is 3.91. The molecule has 1 heterocycles. The molecule has 0 aliphatic heterocycles. The number of furan rings is 1. The average Bonchev–Trinajstić information content (AvgIpc) is 3.50. The van der Waals surface area contributed by atoms with Crippen LogP contribution in [0.1, 0.15) is 11.5 Å². The standard InChI is InChI=1S/C29H30N4O9S2/c1-39-22-11-9-21(10-12-22)33(44(37,38)26-15-16-27(40-2)28(17-26)41-3)20-29(34)32-30-18-23-13-14-24(42-23)19-31-43(35,36)25-7-5-4-6-8-25/h4-18,31H,19-20H2,1-3H3,(H,32,34)/b30-18-. The van der Waals surface area contributed by atoms with E-state index in [1.807, 2.05) is 0 Å². The SMILES string of the molecule is COc1ccc(N(CC(=O)N/N=C\c2ccc(CNS(=O)(=O)c3ccccc3)o2)S(=O)(=O)c2ccc(OC)c(OC)c2)cc1. The maximum absolute atomic E-state index is 13.7. The van der Waals surface area contributed by atoms with Crippen LogP contribution >= 0.6 is 0 Å². The smallest absolute Gasteiger partial charge is 0.264 e. The minimum Gasteiger partial charge on any atom is -0.497 e. The molecule has 1 aromatic heterocycles. The summed E-state index contributed by atoms with van der Waals surface area (Å²) in [5.74, 6) is 0.820. The summed E-state index contributed by atoms with van der Waals surface area (Å²) in [7, 11) is -3.71. The molecule has 232 valence electrons. The largest absolute Gasteiger partial charge is 0.497 e. The highest BCUT2D eigenvalue weighted by molar-refractivity contribution is 7.92. The van der Waals surface area contributed by atoms with Gasteiger partial charge in [0, 0.05) is 6.07 Å². The Bertz CT molecular complexity index is 1820. The van der Waals surface area contributed by atoms with Gasteiger partial charge in [-0.15, -0.1) is 0 Å². The van der Waals surface area contributed by atoms with E-state index in [2.05, 4.69) is 15.2 Å². The van der Waals surface area contributed by atoms with Crippen LogP contribution in [0.4, 0.5) is 5.69 Å². The first kappa shape index (κ1) is 32.1. The second-order valence-electron chi connectivity index (χ2n) is 8.96. The molecule has 0 saturated heterocycles. The molecule has 44 heavy (non-hydrogen) atoms. The Hall–Kier alpha value is -4.86. The summed E-state index contributed by atoms with van der Waals surface area (Å²) in [5.41, 5.74) is 2.49. The molecule has 0 radical (unpaired) electrons. The number of hydrogen-bond acceptors (Lipinski definition) is 10. The zero-order valence-corrected chi connectivity index (χ0v) is 25.6. The van der Waals surface area contributed by atoms with Crippen molar-refractivity contribution < 1.29 is 40.3 Å². The van der Waals surface area contributed by atoms with Crippen molar-refractivity contribution in [1.82, 2.24) is 10.1 Å². The van der Waals surface area contributed by atoms with Gasteiger partial charge in [-0.2, -0.15) is 5.10 Å². The highest BCUT2D eigenvalue weighted by Crippen LogP contribution is 2.32. The maximum atomic E-state index is 13.7. The number of hydrazone groups is 1. The third-order valence-electron chi connectivity index (χ3n) is 6.14. The molecule has 13 nitrogen and oxygen atoms in total. The normalized spacial score (nSPS) is 11.7. The highest BCUT2D eigenvalue weighted by Gasteiger charge is 2.28. The van der Waals surface area contributed by atoms with Crippen molar-refractivity contribution in [2.45, 2.75) is 16.3 Å². The number of nitrogens with one attached hydrogen (secondary N) is 2. The van der Waals surface area contributed by atoms with Crippen LogP contribution in [0.3, 0.4) is 0 Å². The van der Waals surface area contributed by atoms with Crippen LogP contribution in [0.15, 0.2) is 104 Å². The zero-order chi connectivity index (χ0) is 31.7. The lowest BCUT2D eigenvalue weighted by Gasteiger charge is -2.24. The first-order valence-electron chi connectivity index (χ1n) is 12.9. The van der Waals surface area contributed by atoms with Crippen LogP contribution in [0.2, 0.25) is 0 Å². The molecule has 0 spiro atoms. The molecule has 0 atom stereocenters. The van der Waals surface area contributed by atoms with Gasteiger partial charge in [-0.25, -0.2) is 27.0 Å². The number of carbonyl (C=O) groups excluding carboxylic acids is 1. The van der Waals surface area contributed by atoms with Gasteiger partial charge in [-0.1, -0.05) is 18.2 Å². The predicted molar refractivity (Wildman–Crippen MR) is 162 cm³/mol. The molecule has 0 saturated carbocycles. The van der Waals surface area contributed by atoms with Crippen molar-refractivity contribution in [3.63, 3.8) is 0 Å². The number of rotatable bonds is 14. The lowest BCUT2D eigenvalue weighted by molar-refractivity contribution is -0.119. The Morgan fingerprint density at radius 3 is 2.20 bits per heavy atom. The van der Waals surface area contributed by atoms with E-state index in [1.165, 1.54) is 76.1 Å². The summed E-state index contributed by atoms with van der Waals surface area (Å²) in [6.45, 7) is -0.729. The number of carbonyl (C=O) groups is 1. The van der Waals surface area contributed by atoms with Crippen LogP contribution in [0.25, 0.3) is 0 Å². The van der Waals surface area contributed by atoms with E-state index >= 15 is 0 Å². The van der Waals surface area contributed by atoms with Crippen molar-refractivity contribution >= 4 is 37.9 Å². The molecule has 1 amide bonds. The van der Waals surface area contributed by atoms with Crippen molar-refractivity contribution in [2.24, 2.45) is 5.10 Å². The zero-order valence-electron chi connectivity index (χ0n) is 24.0. The Balaban J connectivity index is 1.46. The summed E-state index contributed by atoms with van der Waals surface area (Å²) < 4.78 is 76.8. The summed E-state index contributed by atoms with van der Waals surface area (Å²) in [6, 6.07) is 21.2. The molecule has 0 unspecified atom stereocenters. The maximum Gasteiger partial charge on any atom is 0.264 e. The van der Waals surface area contributed by atoms with E-state index in [-0.39, 0.29) is 33.5 Å². The average molecular weight is 643 g/mol. The van der Waals surface area contributed by atoms with E-state index in [0.717, 1.165) is 4.31 Å². The quantitative estimate of drug-likeness (QED) is 0.155. The van der Waals surface area contributed by atoms with Gasteiger partial charge in [0.2, 0.25) is 10.0 Å². The molecular weight excluding hydrogens is 612 g/mol. The Labute approximate surface area is 255 Å². The minimum absolute atomic E-state index is 0.109. The van der Waals surface area contributed by atoms with E-state index in [1.54, 1.807) is 36.4 Å². The van der Waals surface area contributed by atoms with E-state index in [0.29, 0.717) is 17.3 Å². The second-order valence-corrected chi connectivity index (χ2v) is 12.6. The Kier molecular flexibility index (Phi) is 10.3. The van der Waals surface area contributed by atoms with Crippen molar-refractivity contribution in [3.8, 4) is 17.2 Å². The Morgan fingerprint density at radius 2 is 1.55 bits per heavy atom. The number of methoxy groups -OCH3 is 3. The summed E-state index contributed by atoms with van der Waals surface area (Å²) >= 11 is 0. The predicted octanol–water partition coefficient (Wildman–Crippen LogP) is 3.13. The highest BCUT2D eigenvalue weighted by atomic mass is 32.2. The number of hydrogen-bond donors (Lipinski definition) is 2. The Morgan fingerprint density at radius 1 is 0.841 bits per heavy atom. The molecule has 2 N–H and O–H groups in total. The van der Waals surface area contributed by atoms with Gasteiger partial charge in [0.1, 0.15) is 23.8 Å². The monoisotopic (exact) mass is 642 g/mol. The molecule has 15 heteroatoms. The summed E-state index contributed by atoms with van der Waals surface area (Å²) in [5, 5.41) is 3.86. The summed E-state index contributed by atoms with van der Waals surface area (Å²) in [6.07, 6.45) is 1.20. The first-order valence-corrected chi connectivity index (χ1v) is 15.8. The van der Waals surface area contributed by atoms with Crippen molar-refractivity contribution in [2.75, 3.05) is 32.2 Å². The first-order chi connectivity index (χ1) is 21.1. The molecule has 0 fully saturated rings. The van der Waals surface area contributed by atoms with E-state index < -0.39 is 32.5 Å². The minimum atomic E-state index is -4.27. The molecule has 0 aliphatic carbocycles. The van der Waals surface area contributed by atoms with Gasteiger partial charge >= 0.3 is 0 Å². The van der Waals surface area contributed by atoms with Crippen molar-refractivity contribution in [3.05, 3.63) is 96.4 Å². The molecule has 3 aromatic carbocycles. The third kappa shape index (κ3) is 7.75. The van der Waals surface area contributed by atoms with Crippen LogP contribution in [-0.2, 0) is 31.4 Å². The van der Waals surface area contributed by atoms with E-state index in [9.17, 15) is 21.6 Å². The van der Waals surface area contributed by atoms with Crippen LogP contribution in [-0.4, -0.2) is 56.8 Å². The number of amides is 1. The fraction of sp³-hybridized carbons (Fsp3) is 0.172. The second kappa shape index (κ2) is 14.1. The van der Waals surface area contributed by atoms with Crippen LogP contribution < -0.4 is 28.7 Å². The lowest BCUT2D eigenvalue weighted by atomic mass is 10.3. The van der Waals surface area contributed by atoms with Crippen LogP contribution in [0, 0.1) is 0 Å². The summed E-state index contributed by atoms with van der Waals surface area (Å²) in [4.78, 5) is 12.9. The lowest BCUT2D eigenvalue weighted by Crippen LogP contribution is -2.39. The molecule has 0 aliphatic rings. The number of benzene rings is 3. The molecular formula is C29H30N4O9S2. The molecule has 0 bridgehead atoms. The molecule has 4 aromatic rings. The van der Waals surface area contributed by atoms with Gasteiger partial charge < -0.3 is 18.6 Å². The van der Waals surface area contributed by atoms with Crippen molar-refractivity contribution in [1.29, 1.82) is 0 Å². The third-order valence-corrected chi connectivity index (χ3v) is 9.33. The number of ether oxygens (including phenoxy) is 3. The fourth-order valence-corrected chi connectivity index (χ4v) is 6.36. The van der Waals surface area contributed by atoms with Gasteiger partial charge in [0.15, 0.2) is 11.5 Å². The topological polar surface area (TPSA) is 166 Å².